The normalized spacial score (nSPS) is 20.0. The SMILES string of the molecule is CCN(CC)S(=O)(=O)c1ccc(OCC(=O)N2C(C)CCCC2C)c([N+](=O)[O-])c1. The first-order valence-electron chi connectivity index (χ1n) is 9.86. The summed E-state index contributed by atoms with van der Waals surface area (Å²) in [5, 5.41) is 11.5. The largest absolute Gasteiger partial charge is 0.477 e. The van der Waals surface area contributed by atoms with E-state index in [9.17, 15) is 23.3 Å². The lowest BCUT2D eigenvalue weighted by Gasteiger charge is -2.38. The molecular formula is C19H29N3O6S. The van der Waals surface area contributed by atoms with E-state index in [1.165, 1.54) is 16.4 Å². The van der Waals surface area contributed by atoms with E-state index < -0.39 is 20.6 Å². The van der Waals surface area contributed by atoms with Gasteiger partial charge in [-0.25, -0.2) is 8.42 Å². The molecule has 29 heavy (non-hydrogen) atoms. The molecule has 0 aliphatic carbocycles. The van der Waals surface area contributed by atoms with Crippen molar-refractivity contribution in [2.75, 3.05) is 19.7 Å². The Balaban J connectivity index is 2.23. The second-order valence-corrected chi connectivity index (χ2v) is 9.13. The molecule has 1 aliphatic heterocycles. The molecule has 0 aromatic heterocycles. The minimum atomic E-state index is -3.84. The van der Waals surface area contributed by atoms with Crippen LogP contribution in [0.15, 0.2) is 23.1 Å². The van der Waals surface area contributed by atoms with Crippen LogP contribution in [0.1, 0.15) is 47.0 Å². The van der Waals surface area contributed by atoms with Gasteiger partial charge in [-0.1, -0.05) is 13.8 Å². The van der Waals surface area contributed by atoms with Crippen molar-refractivity contribution in [1.29, 1.82) is 0 Å². The van der Waals surface area contributed by atoms with Crippen molar-refractivity contribution in [3.8, 4) is 5.75 Å². The van der Waals surface area contributed by atoms with E-state index in [0.29, 0.717) is 0 Å². The maximum absolute atomic E-state index is 12.6. The van der Waals surface area contributed by atoms with Gasteiger partial charge in [0.2, 0.25) is 10.0 Å². The summed E-state index contributed by atoms with van der Waals surface area (Å²) in [6, 6.07) is 3.68. The van der Waals surface area contributed by atoms with Gasteiger partial charge in [-0.2, -0.15) is 4.31 Å². The highest BCUT2D eigenvalue weighted by molar-refractivity contribution is 7.89. The fourth-order valence-corrected chi connectivity index (χ4v) is 5.24. The zero-order chi connectivity index (χ0) is 21.8. The van der Waals surface area contributed by atoms with Crippen LogP contribution < -0.4 is 4.74 Å². The van der Waals surface area contributed by atoms with Crippen LogP contribution in [0.25, 0.3) is 0 Å². The maximum atomic E-state index is 12.6. The molecule has 162 valence electrons. The van der Waals surface area contributed by atoms with Crippen LogP contribution in [0, 0.1) is 10.1 Å². The lowest BCUT2D eigenvalue weighted by molar-refractivity contribution is -0.386. The number of sulfonamides is 1. The fraction of sp³-hybridized carbons (Fsp3) is 0.632. The number of piperidine rings is 1. The summed E-state index contributed by atoms with van der Waals surface area (Å²) >= 11 is 0. The lowest BCUT2D eigenvalue weighted by atomic mass is 9.97. The third-order valence-corrected chi connectivity index (χ3v) is 7.35. The average Bonchev–Trinajstić information content (AvgIpc) is 2.66. The molecule has 1 aliphatic rings. The highest BCUT2D eigenvalue weighted by Crippen LogP contribution is 2.31. The molecule has 0 radical (unpaired) electrons. The van der Waals surface area contributed by atoms with Gasteiger partial charge in [-0.15, -0.1) is 0 Å². The minimum Gasteiger partial charge on any atom is -0.477 e. The molecule has 1 aromatic carbocycles. The monoisotopic (exact) mass is 427 g/mol. The average molecular weight is 428 g/mol. The summed E-state index contributed by atoms with van der Waals surface area (Å²) in [5.41, 5.74) is -0.481. The summed E-state index contributed by atoms with van der Waals surface area (Å²) < 4.78 is 31.9. The Kier molecular flexibility index (Phi) is 7.59. The number of rotatable bonds is 8. The standard InChI is InChI=1S/C19H29N3O6S/c1-5-20(6-2)29(26,27)16-10-11-18(17(12-16)22(24)25)28-13-19(23)21-14(3)8-7-9-15(21)4/h10-12,14-15H,5-9,13H2,1-4H3. The second-order valence-electron chi connectivity index (χ2n) is 7.19. The van der Waals surface area contributed by atoms with Gasteiger partial charge < -0.3 is 9.64 Å². The number of ether oxygens (including phenoxy) is 1. The number of carbonyl (C=O) groups excluding carboxylic acids is 1. The van der Waals surface area contributed by atoms with E-state index in [2.05, 4.69) is 0 Å². The number of carbonyl (C=O) groups is 1. The van der Waals surface area contributed by atoms with Gasteiger partial charge in [0.25, 0.3) is 5.91 Å². The number of nitrogens with zero attached hydrogens (tertiary/aromatic N) is 3. The Bertz CT molecular complexity index is 844. The van der Waals surface area contributed by atoms with E-state index >= 15 is 0 Å². The van der Waals surface area contributed by atoms with Crippen LogP contribution in [-0.2, 0) is 14.8 Å². The summed E-state index contributed by atoms with van der Waals surface area (Å²) in [6.45, 7) is 7.52. The molecule has 0 saturated carbocycles. The predicted octanol–water partition coefficient (Wildman–Crippen LogP) is 2.79. The highest BCUT2D eigenvalue weighted by atomic mass is 32.2. The first-order valence-corrected chi connectivity index (χ1v) is 11.3. The van der Waals surface area contributed by atoms with Gasteiger partial charge in [-0.05, 0) is 45.2 Å². The van der Waals surface area contributed by atoms with Crippen molar-refractivity contribution < 1.29 is 22.9 Å². The Labute approximate surface area is 171 Å². The van der Waals surface area contributed by atoms with Crippen molar-refractivity contribution >= 4 is 21.6 Å². The van der Waals surface area contributed by atoms with Gasteiger partial charge in [0, 0.05) is 31.2 Å². The van der Waals surface area contributed by atoms with Crippen molar-refractivity contribution in [1.82, 2.24) is 9.21 Å². The van der Waals surface area contributed by atoms with E-state index in [4.69, 9.17) is 4.74 Å². The number of benzene rings is 1. The quantitative estimate of drug-likeness (QED) is 0.466. The molecular weight excluding hydrogens is 398 g/mol. The summed E-state index contributed by atoms with van der Waals surface area (Å²) in [7, 11) is -3.84. The number of nitro benzene ring substituents is 1. The number of hydrogen-bond acceptors (Lipinski definition) is 6. The number of likely N-dealkylation sites (tertiary alicyclic amines) is 1. The lowest BCUT2D eigenvalue weighted by Crippen LogP contribution is -2.49. The Morgan fingerprint density at radius 1 is 1.24 bits per heavy atom. The third kappa shape index (κ3) is 5.05. The Hall–Kier alpha value is -2.20. The van der Waals surface area contributed by atoms with Crippen molar-refractivity contribution in [2.24, 2.45) is 0 Å². The zero-order valence-electron chi connectivity index (χ0n) is 17.3. The summed E-state index contributed by atoms with van der Waals surface area (Å²) in [6.07, 6.45) is 2.88. The van der Waals surface area contributed by atoms with E-state index in [-0.39, 0.29) is 48.3 Å². The molecule has 2 unspecified atom stereocenters. The molecule has 0 spiro atoms. The molecule has 1 heterocycles. The van der Waals surface area contributed by atoms with Gasteiger partial charge >= 0.3 is 5.69 Å². The van der Waals surface area contributed by atoms with Gasteiger partial charge in [-0.3, -0.25) is 14.9 Å². The number of amides is 1. The van der Waals surface area contributed by atoms with Crippen LogP contribution in [0.5, 0.6) is 5.75 Å². The Morgan fingerprint density at radius 2 is 1.83 bits per heavy atom. The highest BCUT2D eigenvalue weighted by Gasteiger charge is 2.30. The fourth-order valence-electron chi connectivity index (χ4n) is 3.76. The zero-order valence-corrected chi connectivity index (χ0v) is 18.1. The van der Waals surface area contributed by atoms with Gasteiger partial charge in [0.15, 0.2) is 12.4 Å². The number of nitro groups is 1. The van der Waals surface area contributed by atoms with Crippen LogP contribution in [0.2, 0.25) is 0 Å². The molecule has 0 bridgehead atoms. The van der Waals surface area contributed by atoms with Crippen molar-refractivity contribution in [3.63, 3.8) is 0 Å². The third-order valence-electron chi connectivity index (χ3n) is 5.30. The summed E-state index contributed by atoms with van der Waals surface area (Å²) in [4.78, 5) is 25.0. The molecule has 0 N–H and O–H groups in total. The van der Waals surface area contributed by atoms with E-state index in [0.717, 1.165) is 25.3 Å². The molecule has 9 nitrogen and oxygen atoms in total. The van der Waals surface area contributed by atoms with Crippen LogP contribution in [-0.4, -0.2) is 60.2 Å². The molecule has 1 saturated heterocycles. The van der Waals surface area contributed by atoms with Crippen LogP contribution in [0.4, 0.5) is 5.69 Å². The smallest absolute Gasteiger partial charge is 0.312 e. The van der Waals surface area contributed by atoms with Gasteiger partial charge in [0.05, 0.1) is 9.82 Å². The Morgan fingerprint density at radius 3 is 2.34 bits per heavy atom. The minimum absolute atomic E-state index is 0.0893. The number of hydrogen-bond donors (Lipinski definition) is 0. The first kappa shape index (κ1) is 23.1. The maximum Gasteiger partial charge on any atom is 0.312 e. The van der Waals surface area contributed by atoms with Crippen molar-refractivity contribution in [3.05, 3.63) is 28.3 Å². The van der Waals surface area contributed by atoms with Crippen LogP contribution >= 0.6 is 0 Å². The van der Waals surface area contributed by atoms with E-state index in [1.807, 2.05) is 13.8 Å². The van der Waals surface area contributed by atoms with Gasteiger partial charge in [0.1, 0.15) is 0 Å². The molecule has 1 fully saturated rings. The molecule has 1 amide bonds. The predicted molar refractivity (Wildman–Crippen MR) is 108 cm³/mol. The second kappa shape index (κ2) is 9.53. The van der Waals surface area contributed by atoms with Crippen molar-refractivity contribution in [2.45, 2.75) is 63.9 Å². The molecule has 10 heteroatoms. The molecule has 1 aromatic rings. The topological polar surface area (TPSA) is 110 Å². The first-order chi connectivity index (χ1) is 13.6. The molecule has 2 atom stereocenters. The van der Waals surface area contributed by atoms with E-state index in [1.54, 1.807) is 18.7 Å². The molecule has 2 rings (SSSR count). The summed E-state index contributed by atoms with van der Waals surface area (Å²) in [5.74, 6) is -0.363. The van der Waals surface area contributed by atoms with Crippen LogP contribution in [0.3, 0.4) is 0 Å².